The Bertz CT molecular complexity index is 1600. The first-order valence-corrected chi connectivity index (χ1v) is 14.7. The van der Waals surface area contributed by atoms with E-state index in [9.17, 15) is 5.26 Å². The minimum absolute atomic E-state index is 0.681. The van der Waals surface area contributed by atoms with Crippen molar-refractivity contribution in [2.24, 2.45) is 0 Å². The summed E-state index contributed by atoms with van der Waals surface area (Å²) in [6.45, 7) is 0. The molecule has 0 amide bonds. The highest BCUT2D eigenvalue weighted by atomic mass is 32.2. The van der Waals surface area contributed by atoms with Crippen LogP contribution in [0.5, 0.6) is 11.5 Å². The number of thioether (sulfide) groups is 1. The van der Waals surface area contributed by atoms with Crippen LogP contribution in [0.3, 0.4) is 0 Å². The SMILES string of the molecule is N#Cc1c(SCc2cccc(Oc3ccccc3)c2)nc2c(c1-c1cccs1)CC/C2=C/c1cccs1. The van der Waals surface area contributed by atoms with Gasteiger partial charge in [-0.1, -0.05) is 42.5 Å². The molecule has 0 saturated carbocycles. The number of fused-ring (bicyclic) bond motifs is 1. The fourth-order valence-corrected chi connectivity index (χ4v) is 6.97. The van der Waals surface area contributed by atoms with Crippen LogP contribution in [0.25, 0.3) is 22.1 Å². The molecule has 3 nitrogen and oxygen atoms in total. The first-order valence-electron chi connectivity index (χ1n) is 12.0. The zero-order chi connectivity index (χ0) is 25.0. The summed E-state index contributed by atoms with van der Waals surface area (Å²) in [5.41, 5.74) is 6.35. The number of benzene rings is 2. The predicted octanol–water partition coefficient (Wildman–Crippen LogP) is 9.31. The summed E-state index contributed by atoms with van der Waals surface area (Å²) in [6, 6.07) is 28.8. The molecule has 3 aromatic heterocycles. The molecule has 37 heavy (non-hydrogen) atoms. The summed E-state index contributed by atoms with van der Waals surface area (Å²) in [5, 5.41) is 15.2. The molecule has 0 spiro atoms. The summed E-state index contributed by atoms with van der Waals surface area (Å²) in [4.78, 5) is 7.48. The molecule has 1 aliphatic rings. The normalized spacial score (nSPS) is 13.4. The predicted molar refractivity (Wildman–Crippen MR) is 155 cm³/mol. The van der Waals surface area contributed by atoms with Gasteiger partial charge < -0.3 is 4.74 Å². The Morgan fingerprint density at radius 2 is 1.76 bits per heavy atom. The maximum atomic E-state index is 10.3. The highest BCUT2D eigenvalue weighted by Crippen LogP contribution is 2.44. The van der Waals surface area contributed by atoms with Gasteiger partial charge in [0.25, 0.3) is 0 Å². The minimum Gasteiger partial charge on any atom is -0.457 e. The lowest BCUT2D eigenvalue weighted by atomic mass is 10.0. The molecule has 0 saturated heterocycles. The number of pyridine rings is 1. The van der Waals surface area contributed by atoms with Gasteiger partial charge >= 0.3 is 0 Å². The van der Waals surface area contributed by atoms with E-state index >= 15 is 0 Å². The fraction of sp³-hybridized carbons (Fsp3) is 0.0968. The van der Waals surface area contributed by atoms with Crippen molar-refractivity contribution >= 4 is 46.1 Å². The van der Waals surface area contributed by atoms with Crippen LogP contribution in [-0.4, -0.2) is 4.98 Å². The minimum atomic E-state index is 0.681. The number of thiophene rings is 2. The van der Waals surface area contributed by atoms with Gasteiger partial charge in [0.1, 0.15) is 22.6 Å². The molecule has 0 fully saturated rings. The van der Waals surface area contributed by atoms with Gasteiger partial charge in [0.2, 0.25) is 0 Å². The molecule has 0 unspecified atom stereocenters. The molecule has 2 aromatic carbocycles. The lowest BCUT2D eigenvalue weighted by Gasteiger charge is -2.14. The first kappa shape index (κ1) is 23.7. The Morgan fingerprint density at radius 1 is 0.919 bits per heavy atom. The number of para-hydroxylation sites is 1. The lowest BCUT2D eigenvalue weighted by Crippen LogP contribution is -2.00. The second kappa shape index (κ2) is 10.8. The van der Waals surface area contributed by atoms with E-state index in [1.165, 1.54) is 16.0 Å². The van der Waals surface area contributed by atoms with Gasteiger partial charge in [-0.3, -0.25) is 0 Å². The second-order valence-electron chi connectivity index (χ2n) is 8.62. The van der Waals surface area contributed by atoms with Crippen molar-refractivity contribution in [3.8, 4) is 28.0 Å². The molecule has 0 atom stereocenters. The molecule has 0 N–H and O–H groups in total. The maximum absolute atomic E-state index is 10.3. The molecule has 0 aliphatic heterocycles. The van der Waals surface area contributed by atoms with Crippen LogP contribution in [0.2, 0.25) is 0 Å². The number of ether oxygens (including phenoxy) is 1. The second-order valence-corrected chi connectivity index (χ2v) is 11.5. The van der Waals surface area contributed by atoms with E-state index < -0.39 is 0 Å². The Hall–Kier alpha value is -3.63. The standard InChI is InChI=1S/C31H22N2OS3/c32-19-27-29(28-12-6-16-36-28)26-14-13-22(18-25-11-5-15-35-25)30(26)33-31(27)37-20-21-7-4-10-24(17-21)34-23-8-2-1-3-9-23/h1-12,15-18H,13-14,20H2/b22-18-. The zero-order valence-corrected chi connectivity index (χ0v) is 22.3. The van der Waals surface area contributed by atoms with Crippen molar-refractivity contribution in [1.82, 2.24) is 4.98 Å². The average molecular weight is 535 g/mol. The number of hydrogen-bond acceptors (Lipinski definition) is 6. The monoisotopic (exact) mass is 534 g/mol. The van der Waals surface area contributed by atoms with Crippen LogP contribution >= 0.6 is 34.4 Å². The largest absolute Gasteiger partial charge is 0.457 e. The lowest BCUT2D eigenvalue weighted by molar-refractivity contribution is 0.482. The van der Waals surface area contributed by atoms with E-state index in [-0.39, 0.29) is 0 Å². The highest BCUT2D eigenvalue weighted by Gasteiger charge is 2.27. The van der Waals surface area contributed by atoms with Crippen LogP contribution in [0, 0.1) is 11.3 Å². The number of nitriles is 1. The summed E-state index contributed by atoms with van der Waals surface area (Å²) in [6.07, 6.45) is 4.11. The number of allylic oxidation sites excluding steroid dienone is 1. The van der Waals surface area contributed by atoms with Crippen molar-refractivity contribution in [3.63, 3.8) is 0 Å². The van der Waals surface area contributed by atoms with E-state index in [1.54, 1.807) is 34.4 Å². The van der Waals surface area contributed by atoms with E-state index in [0.717, 1.165) is 51.1 Å². The van der Waals surface area contributed by atoms with E-state index in [0.29, 0.717) is 11.3 Å². The molecule has 3 heterocycles. The van der Waals surface area contributed by atoms with Gasteiger partial charge in [-0.15, -0.1) is 34.4 Å². The van der Waals surface area contributed by atoms with Crippen molar-refractivity contribution in [1.29, 1.82) is 5.26 Å². The molecule has 0 radical (unpaired) electrons. The number of aromatic nitrogens is 1. The van der Waals surface area contributed by atoms with Crippen LogP contribution in [0.1, 0.15) is 33.7 Å². The fourth-order valence-electron chi connectivity index (χ4n) is 4.55. The Kier molecular flexibility index (Phi) is 6.92. The third-order valence-corrected chi connectivity index (χ3v) is 8.96. The zero-order valence-electron chi connectivity index (χ0n) is 19.9. The third kappa shape index (κ3) is 5.12. The number of hydrogen-bond donors (Lipinski definition) is 0. The highest BCUT2D eigenvalue weighted by molar-refractivity contribution is 7.98. The molecule has 0 bridgehead atoms. The Balaban J connectivity index is 1.35. The molecule has 5 aromatic rings. The van der Waals surface area contributed by atoms with Gasteiger partial charge in [-0.25, -0.2) is 4.98 Å². The van der Waals surface area contributed by atoms with Crippen LogP contribution in [0.15, 0.2) is 94.6 Å². The van der Waals surface area contributed by atoms with Crippen molar-refractivity contribution < 1.29 is 4.74 Å². The maximum Gasteiger partial charge on any atom is 0.127 e. The Morgan fingerprint density at radius 3 is 2.54 bits per heavy atom. The summed E-state index contributed by atoms with van der Waals surface area (Å²) in [5.74, 6) is 2.30. The van der Waals surface area contributed by atoms with Gasteiger partial charge in [0.15, 0.2) is 0 Å². The van der Waals surface area contributed by atoms with Crippen molar-refractivity contribution in [2.75, 3.05) is 0 Å². The molecular formula is C31H22N2OS3. The van der Waals surface area contributed by atoms with Crippen LogP contribution < -0.4 is 4.74 Å². The van der Waals surface area contributed by atoms with E-state index in [1.807, 2.05) is 42.5 Å². The molecule has 6 rings (SSSR count). The number of nitrogens with zero attached hydrogens (tertiary/aromatic N) is 2. The van der Waals surface area contributed by atoms with Gasteiger partial charge in [-0.2, -0.15) is 5.26 Å². The average Bonchev–Trinajstić information content (AvgIpc) is 3.71. The Labute approximate surface area is 228 Å². The molecular weight excluding hydrogens is 513 g/mol. The molecule has 180 valence electrons. The van der Waals surface area contributed by atoms with Gasteiger partial charge in [0, 0.05) is 21.1 Å². The summed E-state index contributed by atoms with van der Waals surface area (Å²) < 4.78 is 6.03. The van der Waals surface area contributed by atoms with Gasteiger partial charge in [-0.05, 0) is 82.8 Å². The third-order valence-electron chi connectivity index (χ3n) is 6.21. The smallest absolute Gasteiger partial charge is 0.127 e. The first-order chi connectivity index (χ1) is 18.3. The van der Waals surface area contributed by atoms with Crippen LogP contribution in [-0.2, 0) is 12.2 Å². The molecule has 6 heteroatoms. The molecule has 1 aliphatic carbocycles. The quantitative estimate of drug-likeness (QED) is 0.195. The van der Waals surface area contributed by atoms with Crippen molar-refractivity contribution in [2.45, 2.75) is 23.6 Å². The van der Waals surface area contributed by atoms with Gasteiger partial charge in [0.05, 0.1) is 11.3 Å². The number of rotatable bonds is 7. The summed E-state index contributed by atoms with van der Waals surface area (Å²) in [7, 11) is 0. The topological polar surface area (TPSA) is 45.9 Å². The van der Waals surface area contributed by atoms with E-state index in [2.05, 4.69) is 59.3 Å². The van der Waals surface area contributed by atoms with Crippen molar-refractivity contribution in [3.05, 3.63) is 117 Å². The van der Waals surface area contributed by atoms with Crippen LogP contribution in [0.4, 0.5) is 0 Å². The van der Waals surface area contributed by atoms with E-state index in [4.69, 9.17) is 9.72 Å². The summed E-state index contributed by atoms with van der Waals surface area (Å²) >= 11 is 5.04.